The molecule has 0 heterocycles. The van der Waals surface area contributed by atoms with E-state index in [1.54, 1.807) is 0 Å². The van der Waals surface area contributed by atoms with Crippen molar-refractivity contribution < 1.29 is 24.0 Å². The number of carbonyl (C=O) groups excluding carboxylic acids is 2. The number of hydrogen-bond donors (Lipinski definition) is 1. The molecule has 0 bridgehead atoms. The van der Waals surface area contributed by atoms with Gasteiger partial charge in [0.25, 0.3) is 5.69 Å². The molecule has 0 aromatic heterocycles. The van der Waals surface area contributed by atoms with Crippen LogP contribution in [0.4, 0.5) is 11.4 Å². The number of nitro benzene ring substituents is 1. The van der Waals surface area contributed by atoms with E-state index in [1.807, 2.05) is 0 Å². The zero-order chi connectivity index (χ0) is 14.6. The number of rotatable bonds is 4. The van der Waals surface area contributed by atoms with Crippen molar-refractivity contribution in [2.75, 3.05) is 12.8 Å². The molecule has 19 heavy (non-hydrogen) atoms. The number of nitro groups is 1. The Bertz CT molecular complexity index is 528. The van der Waals surface area contributed by atoms with Gasteiger partial charge in [0.2, 0.25) is 0 Å². The highest BCUT2D eigenvalue weighted by Crippen LogP contribution is 2.22. The van der Waals surface area contributed by atoms with Gasteiger partial charge in [0.15, 0.2) is 6.10 Å². The van der Waals surface area contributed by atoms with E-state index < -0.39 is 28.7 Å². The molecular formula is C11H12N2O6. The molecule has 0 spiro atoms. The Balaban J connectivity index is 2.92. The Morgan fingerprint density at radius 3 is 2.58 bits per heavy atom. The normalized spacial score (nSPS) is 11.5. The maximum absolute atomic E-state index is 11.7. The van der Waals surface area contributed by atoms with E-state index in [4.69, 9.17) is 10.5 Å². The van der Waals surface area contributed by atoms with Crippen LogP contribution in [0.5, 0.6) is 0 Å². The van der Waals surface area contributed by atoms with Crippen LogP contribution in [0.3, 0.4) is 0 Å². The average Bonchev–Trinajstić information content (AvgIpc) is 2.37. The molecule has 0 radical (unpaired) electrons. The van der Waals surface area contributed by atoms with Crippen LogP contribution >= 0.6 is 0 Å². The Labute approximate surface area is 108 Å². The summed E-state index contributed by atoms with van der Waals surface area (Å²) in [5.41, 5.74) is 4.85. The summed E-state index contributed by atoms with van der Waals surface area (Å²) in [5, 5.41) is 10.7. The van der Waals surface area contributed by atoms with Gasteiger partial charge in [0, 0.05) is 6.07 Å². The van der Waals surface area contributed by atoms with Crippen molar-refractivity contribution in [1.29, 1.82) is 0 Å². The number of nitrogens with zero attached hydrogens (tertiary/aromatic N) is 1. The number of methoxy groups -OCH3 is 1. The minimum absolute atomic E-state index is 0.0671. The lowest BCUT2D eigenvalue weighted by Crippen LogP contribution is -2.25. The van der Waals surface area contributed by atoms with Crippen LogP contribution in [-0.2, 0) is 14.3 Å². The fourth-order valence-corrected chi connectivity index (χ4v) is 1.27. The van der Waals surface area contributed by atoms with Crippen LogP contribution < -0.4 is 5.73 Å². The lowest BCUT2D eigenvalue weighted by atomic mass is 10.2. The van der Waals surface area contributed by atoms with E-state index in [-0.39, 0.29) is 11.3 Å². The van der Waals surface area contributed by atoms with Gasteiger partial charge in [-0.05, 0) is 19.1 Å². The largest absolute Gasteiger partial charge is 0.466 e. The molecule has 0 unspecified atom stereocenters. The third-order valence-corrected chi connectivity index (χ3v) is 2.28. The summed E-state index contributed by atoms with van der Waals surface area (Å²) in [6, 6.07) is 3.48. The number of nitrogen functional groups attached to an aromatic ring is 1. The first-order valence-electron chi connectivity index (χ1n) is 5.19. The first-order chi connectivity index (χ1) is 8.86. The van der Waals surface area contributed by atoms with Gasteiger partial charge in [-0.1, -0.05) is 0 Å². The van der Waals surface area contributed by atoms with Crippen molar-refractivity contribution in [1.82, 2.24) is 0 Å². The molecule has 0 fully saturated rings. The summed E-state index contributed by atoms with van der Waals surface area (Å²) in [4.78, 5) is 32.7. The second-order valence-electron chi connectivity index (χ2n) is 3.60. The van der Waals surface area contributed by atoms with Crippen LogP contribution in [0.25, 0.3) is 0 Å². The van der Waals surface area contributed by atoms with Crippen LogP contribution in [0.15, 0.2) is 18.2 Å². The fraction of sp³-hybridized carbons (Fsp3) is 0.273. The number of hydrogen-bond acceptors (Lipinski definition) is 7. The van der Waals surface area contributed by atoms with E-state index in [1.165, 1.54) is 19.1 Å². The number of esters is 2. The third-order valence-electron chi connectivity index (χ3n) is 2.28. The lowest BCUT2D eigenvalue weighted by molar-refractivity contribution is -0.383. The molecule has 1 aromatic carbocycles. The van der Waals surface area contributed by atoms with Crippen LogP contribution in [0.2, 0.25) is 0 Å². The second-order valence-corrected chi connectivity index (χ2v) is 3.60. The summed E-state index contributed by atoms with van der Waals surface area (Å²) < 4.78 is 9.17. The van der Waals surface area contributed by atoms with Crippen molar-refractivity contribution in [2.24, 2.45) is 0 Å². The first-order valence-corrected chi connectivity index (χ1v) is 5.19. The van der Waals surface area contributed by atoms with E-state index in [9.17, 15) is 19.7 Å². The van der Waals surface area contributed by atoms with Gasteiger partial charge in [-0.2, -0.15) is 0 Å². The predicted octanol–water partition coefficient (Wildman–Crippen LogP) is 0.895. The Hall–Kier alpha value is -2.64. The number of carbonyl (C=O) groups is 2. The molecule has 8 nitrogen and oxygen atoms in total. The summed E-state index contributed by atoms with van der Waals surface area (Å²) in [5.74, 6) is -1.60. The standard InChI is InChI=1S/C11H12N2O6/c1-6(10(14)18-2)19-11(15)7-3-4-8(12)9(5-7)13(16)17/h3-6H,12H2,1-2H3/t6-/m0/s1. The second kappa shape index (κ2) is 5.80. The Morgan fingerprint density at radius 1 is 1.42 bits per heavy atom. The summed E-state index contributed by atoms with van der Waals surface area (Å²) in [6.07, 6.45) is -1.10. The molecule has 0 amide bonds. The summed E-state index contributed by atoms with van der Waals surface area (Å²) in [6.45, 7) is 1.33. The predicted molar refractivity (Wildman–Crippen MR) is 64.4 cm³/mol. The molecule has 2 N–H and O–H groups in total. The molecule has 1 atom stereocenters. The molecule has 0 saturated heterocycles. The highest BCUT2D eigenvalue weighted by atomic mass is 16.6. The number of nitrogens with two attached hydrogens (primary N) is 1. The fourth-order valence-electron chi connectivity index (χ4n) is 1.27. The monoisotopic (exact) mass is 268 g/mol. The lowest BCUT2D eigenvalue weighted by Gasteiger charge is -2.10. The van der Waals surface area contributed by atoms with Crippen LogP contribution in [-0.4, -0.2) is 30.1 Å². The highest BCUT2D eigenvalue weighted by molar-refractivity contribution is 5.92. The molecule has 0 aliphatic rings. The average molecular weight is 268 g/mol. The zero-order valence-corrected chi connectivity index (χ0v) is 10.3. The topological polar surface area (TPSA) is 122 Å². The van der Waals surface area contributed by atoms with Gasteiger partial charge in [-0.15, -0.1) is 0 Å². The van der Waals surface area contributed by atoms with Crippen molar-refractivity contribution in [3.63, 3.8) is 0 Å². The molecule has 102 valence electrons. The number of anilines is 1. The summed E-state index contributed by atoms with van der Waals surface area (Å²) in [7, 11) is 1.15. The van der Waals surface area contributed by atoms with Crippen molar-refractivity contribution >= 4 is 23.3 Å². The van der Waals surface area contributed by atoms with Gasteiger partial charge in [-0.3, -0.25) is 10.1 Å². The van der Waals surface area contributed by atoms with Gasteiger partial charge >= 0.3 is 11.9 Å². The van der Waals surface area contributed by atoms with E-state index in [2.05, 4.69) is 4.74 Å². The number of ether oxygens (including phenoxy) is 2. The van der Waals surface area contributed by atoms with E-state index >= 15 is 0 Å². The number of benzene rings is 1. The molecular weight excluding hydrogens is 256 g/mol. The maximum Gasteiger partial charge on any atom is 0.346 e. The Morgan fingerprint density at radius 2 is 2.05 bits per heavy atom. The molecule has 0 aliphatic heterocycles. The van der Waals surface area contributed by atoms with Gasteiger partial charge in [0.1, 0.15) is 5.69 Å². The van der Waals surface area contributed by atoms with Crippen molar-refractivity contribution in [3.8, 4) is 0 Å². The molecule has 0 aliphatic carbocycles. The van der Waals surface area contributed by atoms with Crippen molar-refractivity contribution in [3.05, 3.63) is 33.9 Å². The minimum Gasteiger partial charge on any atom is -0.466 e. The molecule has 1 rings (SSSR count). The Kier molecular flexibility index (Phi) is 4.41. The smallest absolute Gasteiger partial charge is 0.346 e. The first kappa shape index (κ1) is 14.4. The van der Waals surface area contributed by atoms with Crippen LogP contribution in [0.1, 0.15) is 17.3 Å². The van der Waals surface area contributed by atoms with Gasteiger partial charge in [-0.25, -0.2) is 9.59 Å². The SMILES string of the molecule is COC(=O)[C@H](C)OC(=O)c1ccc(N)c([N+](=O)[O-])c1. The quantitative estimate of drug-likeness (QED) is 0.372. The van der Waals surface area contributed by atoms with Crippen molar-refractivity contribution in [2.45, 2.75) is 13.0 Å². The van der Waals surface area contributed by atoms with Gasteiger partial charge in [0.05, 0.1) is 17.6 Å². The van der Waals surface area contributed by atoms with Crippen LogP contribution in [0, 0.1) is 10.1 Å². The zero-order valence-electron chi connectivity index (χ0n) is 10.3. The van der Waals surface area contributed by atoms with E-state index in [0.717, 1.165) is 13.2 Å². The van der Waals surface area contributed by atoms with E-state index in [0.29, 0.717) is 0 Å². The minimum atomic E-state index is -1.10. The van der Waals surface area contributed by atoms with Gasteiger partial charge < -0.3 is 15.2 Å². The maximum atomic E-state index is 11.7. The summed E-state index contributed by atoms with van der Waals surface area (Å²) >= 11 is 0. The third kappa shape index (κ3) is 3.41. The molecule has 1 aromatic rings. The highest BCUT2D eigenvalue weighted by Gasteiger charge is 2.21. The molecule has 8 heteroatoms. The molecule has 0 saturated carbocycles.